The van der Waals surface area contributed by atoms with Crippen LogP contribution in [0.15, 0.2) is 34.7 Å². The number of carboxylic acids is 1. The maximum absolute atomic E-state index is 13.6. The van der Waals surface area contributed by atoms with E-state index in [9.17, 15) is 14.7 Å². The molecule has 32 heavy (non-hydrogen) atoms. The predicted octanol–water partition coefficient (Wildman–Crippen LogP) is 6.71. The van der Waals surface area contributed by atoms with Crippen LogP contribution < -0.4 is 4.90 Å². The van der Waals surface area contributed by atoms with E-state index in [1.165, 1.54) is 5.56 Å². The maximum atomic E-state index is 13.6. The Morgan fingerprint density at radius 3 is 2.41 bits per heavy atom. The smallest absolute Gasteiger partial charge is 0.337 e. The van der Waals surface area contributed by atoms with Crippen molar-refractivity contribution in [3.63, 3.8) is 0 Å². The van der Waals surface area contributed by atoms with Crippen molar-refractivity contribution < 1.29 is 19.1 Å². The highest BCUT2D eigenvalue weighted by Crippen LogP contribution is 2.38. The molecule has 1 saturated carbocycles. The predicted molar refractivity (Wildman–Crippen MR) is 132 cm³/mol. The van der Waals surface area contributed by atoms with E-state index in [-0.39, 0.29) is 23.4 Å². The van der Waals surface area contributed by atoms with Gasteiger partial charge in [0.2, 0.25) is 5.91 Å². The fourth-order valence-electron chi connectivity index (χ4n) is 4.84. The molecule has 0 aliphatic heterocycles. The Kier molecular flexibility index (Phi) is 6.52. The number of carbonyl (C=O) groups is 2. The number of carboxylic acid groups (broad SMARTS) is 1. The van der Waals surface area contributed by atoms with Gasteiger partial charge in [0.15, 0.2) is 0 Å². The van der Waals surface area contributed by atoms with Crippen molar-refractivity contribution in [1.29, 1.82) is 0 Å². The summed E-state index contributed by atoms with van der Waals surface area (Å²) in [5.74, 6) is 0.454. The van der Waals surface area contributed by atoms with E-state index in [0.29, 0.717) is 17.2 Å². The van der Waals surface area contributed by atoms with E-state index in [4.69, 9.17) is 4.42 Å². The van der Waals surface area contributed by atoms with Gasteiger partial charge < -0.3 is 14.4 Å². The van der Waals surface area contributed by atoms with Crippen molar-refractivity contribution in [2.45, 2.75) is 58.2 Å². The van der Waals surface area contributed by atoms with Gasteiger partial charge in [0.1, 0.15) is 11.2 Å². The van der Waals surface area contributed by atoms with Crippen LogP contribution in [0.3, 0.4) is 0 Å². The monoisotopic (exact) mass is 453 g/mol. The van der Waals surface area contributed by atoms with Crippen molar-refractivity contribution in [2.24, 2.45) is 11.8 Å². The summed E-state index contributed by atoms with van der Waals surface area (Å²) in [5, 5.41) is 11.8. The van der Waals surface area contributed by atoms with E-state index in [1.807, 2.05) is 32.0 Å². The highest BCUT2D eigenvalue weighted by Gasteiger charge is 2.32. The standard InChI is InChI=1S/C26H31NO4S/c1-15(2)27(25(28)18-8-5-16(3)6-9-18)22-12-20-19-11-17(14-32-4)7-10-23(19)31-24(20)13-21(22)26(29)30/h7,10-13,15-16,18H,5-6,8-9,14H2,1-4H3,(H,29,30). The van der Waals surface area contributed by atoms with Crippen molar-refractivity contribution >= 4 is 51.3 Å². The third-order valence-corrected chi connectivity index (χ3v) is 7.19. The van der Waals surface area contributed by atoms with Crippen LogP contribution in [-0.4, -0.2) is 29.3 Å². The third-order valence-electron chi connectivity index (χ3n) is 6.57. The number of fused-ring (bicyclic) bond motifs is 3. The molecule has 6 heteroatoms. The van der Waals surface area contributed by atoms with E-state index in [2.05, 4.69) is 19.2 Å². The van der Waals surface area contributed by atoms with Crippen LogP contribution in [0.1, 0.15) is 62.4 Å². The highest BCUT2D eigenvalue weighted by atomic mass is 32.2. The first-order valence-corrected chi connectivity index (χ1v) is 12.7. The van der Waals surface area contributed by atoms with Crippen molar-refractivity contribution in [3.8, 4) is 0 Å². The van der Waals surface area contributed by atoms with Gasteiger partial charge in [-0.05, 0) is 81.5 Å². The van der Waals surface area contributed by atoms with Gasteiger partial charge in [0, 0.05) is 28.5 Å². The summed E-state index contributed by atoms with van der Waals surface area (Å²) in [6.07, 6.45) is 5.86. The molecule has 3 aromatic rings. The summed E-state index contributed by atoms with van der Waals surface area (Å²) < 4.78 is 5.99. The first kappa shape index (κ1) is 22.7. The van der Waals surface area contributed by atoms with Crippen molar-refractivity contribution in [2.75, 3.05) is 11.2 Å². The van der Waals surface area contributed by atoms with Gasteiger partial charge in [-0.1, -0.05) is 13.0 Å². The zero-order valence-electron chi connectivity index (χ0n) is 19.2. The number of nitrogens with zero attached hydrogens (tertiary/aromatic N) is 1. The summed E-state index contributed by atoms with van der Waals surface area (Å²) >= 11 is 1.75. The molecule has 2 aromatic carbocycles. The molecular weight excluding hydrogens is 422 g/mol. The number of carbonyl (C=O) groups excluding carboxylic acids is 1. The first-order chi connectivity index (χ1) is 15.3. The molecule has 0 spiro atoms. The molecule has 4 rings (SSSR count). The summed E-state index contributed by atoms with van der Waals surface area (Å²) in [5.41, 5.74) is 3.01. The van der Waals surface area contributed by atoms with Crippen LogP contribution in [0.2, 0.25) is 0 Å². The molecule has 1 heterocycles. The van der Waals surface area contributed by atoms with E-state index in [0.717, 1.165) is 47.8 Å². The van der Waals surface area contributed by atoms with Crippen LogP contribution in [0.25, 0.3) is 21.9 Å². The molecule has 1 N–H and O–H groups in total. The van der Waals surface area contributed by atoms with E-state index in [1.54, 1.807) is 22.7 Å². The number of anilines is 1. The SMILES string of the molecule is CSCc1ccc2oc3cc(C(=O)O)c(N(C(=O)C4CCC(C)CC4)C(C)C)cc3c2c1. The van der Waals surface area contributed by atoms with Gasteiger partial charge in [-0.25, -0.2) is 4.79 Å². The number of rotatable bonds is 6. The molecule has 1 aromatic heterocycles. The Morgan fingerprint density at radius 2 is 1.78 bits per heavy atom. The lowest BCUT2D eigenvalue weighted by atomic mass is 9.82. The van der Waals surface area contributed by atoms with Gasteiger partial charge in [0.25, 0.3) is 0 Å². The van der Waals surface area contributed by atoms with Crippen molar-refractivity contribution in [3.05, 3.63) is 41.5 Å². The van der Waals surface area contributed by atoms with Crippen molar-refractivity contribution in [1.82, 2.24) is 0 Å². The molecule has 0 atom stereocenters. The Labute approximate surface area is 193 Å². The first-order valence-electron chi connectivity index (χ1n) is 11.3. The zero-order valence-corrected chi connectivity index (χ0v) is 20.0. The molecular formula is C26H31NO4S. The molecule has 5 nitrogen and oxygen atoms in total. The lowest BCUT2D eigenvalue weighted by molar-refractivity contribution is -0.123. The number of amides is 1. The normalized spacial score (nSPS) is 19.0. The minimum absolute atomic E-state index is 0.0321. The second-order valence-electron chi connectivity index (χ2n) is 9.30. The van der Waals surface area contributed by atoms with Crippen LogP contribution in [0, 0.1) is 11.8 Å². The lowest BCUT2D eigenvalue weighted by Gasteiger charge is -2.34. The topological polar surface area (TPSA) is 70.8 Å². The molecule has 0 unspecified atom stereocenters. The van der Waals surface area contributed by atoms with Crippen LogP contribution in [0.4, 0.5) is 5.69 Å². The maximum Gasteiger partial charge on any atom is 0.337 e. The number of hydrogen-bond acceptors (Lipinski definition) is 4. The van der Waals surface area contributed by atoms with Gasteiger partial charge in [0.05, 0.1) is 11.3 Å². The Morgan fingerprint density at radius 1 is 1.09 bits per heavy atom. The molecule has 1 aliphatic carbocycles. The number of benzene rings is 2. The summed E-state index contributed by atoms with van der Waals surface area (Å²) in [6.45, 7) is 6.12. The largest absolute Gasteiger partial charge is 0.478 e. The second kappa shape index (κ2) is 9.18. The summed E-state index contributed by atoms with van der Waals surface area (Å²) in [7, 11) is 0. The van der Waals surface area contributed by atoms with E-state index >= 15 is 0 Å². The van der Waals surface area contributed by atoms with E-state index < -0.39 is 5.97 Å². The Bertz CT molecular complexity index is 1160. The van der Waals surface area contributed by atoms with Crippen LogP contribution in [-0.2, 0) is 10.5 Å². The average molecular weight is 454 g/mol. The fourth-order valence-corrected chi connectivity index (χ4v) is 5.35. The second-order valence-corrected chi connectivity index (χ2v) is 10.2. The van der Waals surface area contributed by atoms with Gasteiger partial charge in [-0.15, -0.1) is 0 Å². The zero-order chi connectivity index (χ0) is 23.0. The highest BCUT2D eigenvalue weighted by molar-refractivity contribution is 7.97. The summed E-state index contributed by atoms with van der Waals surface area (Å²) in [6, 6.07) is 9.35. The number of aromatic carboxylic acids is 1. The summed E-state index contributed by atoms with van der Waals surface area (Å²) in [4.78, 5) is 27.5. The van der Waals surface area contributed by atoms with Gasteiger partial charge >= 0.3 is 5.97 Å². The molecule has 170 valence electrons. The number of hydrogen-bond donors (Lipinski definition) is 1. The molecule has 0 saturated heterocycles. The third kappa shape index (κ3) is 4.25. The quantitative estimate of drug-likeness (QED) is 0.449. The van der Waals surface area contributed by atoms with Crippen LogP contribution in [0.5, 0.6) is 0 Å². The minimum Gasteiger partial charge on any atom is -0.478 e. The number of furan rings is 1. The minimum atomic E-state index is -1.05. The Hall–Kier alpha value is -2.47. The molecule has 1 fully saturated rings. The average Bonchev–Trinajstić information content (AvgIpc) is 3.10. The van der Waals surface area contributed by atoms with Gasteiger partial charge in [-0.3, -0.25) is 4.79 Å². The number of thioether (sulfide) groups is 1. The fraction of sp³-hybridized carbons (Fsp3) is 0.462. The molecule has 1 amide bonds. The lowest BCUT2D eigenvalue weighted by Crippen LogP contribution is -2.42. The Balaban J connectivity index is 1.86. The van der Waals surface area contributed by atoms with Crippen LogP contribution >= 0.6 is 11.8 Å². The molecule has 0 bridgehead atoms. The molecule has 1 aliphatic rings. The van der Waals surface area contributed by atoms with Gasteiger partial charge in [-0.2, -0.15) is 11.8 Å². The molecule has 0 radical (unpaired) electrons.